The molecule has 8 heteroatoms. The van der Waals surface area contributed by atoms with Gasteiger partial charge in [-0.2, -0.15) is 11.8 Å². The third-order valence-corrected chi connectivity index (χ3v) is 5.74. The van der Waals surface area contributed by atoms with E-state index in [1.165, 1.54) is 0 Å². The van der Waals surface area contributed by atoms with Crippen LogP contribution in [0.2, 0.25) is 0 Å². The number of carbonyl (C=O) groups excluding carboxylic acids is 1. The predicted molar refractivity (Wildman–Crippen MR) is 92.9 cm³/mol. The van der Waals surface area contributed by atoms with Crippen LogP contribution in [0, 0.1) is 0 Å². The summed E-state index contributed by atoms with van der Waals surface area (Å²) in [5.74, 6) is 0.286. The second kappa shape index (κ2) is 11.0. The van der Waals surface area contributed by atoms with E-state index in [9.17, 15) is 18.3 Å². The molecule has 0 unspecified atom stereocenters. The first-order valence-electron chi connectivity index (χ1n) is 7.37. The molecular formula is C17H18NNaO4S2. The molecule has 0 radical (unpaired) electrons. The monoisotopic (exact) mass is 387 g/mol. The van der Waals surface area contributed by atoms with Crippen molar-refractivity contribution >= 4 is 27.8 Å². The number of sulfonamides is 1. The molecule has 0 aromatic heterocycles. The van der Waals surface area contributed by atoms with E-state index in [-0.39, 0.29) is 40.9 Å². The van der Waals surface area contributed by atoms with E-state index in [0.717, 1.165) is 11.3 Å². The summed E-state index contributed by atoms with van der Waals surface area (Å²) in [7, 11) is -3.45. The predicted octanol–water partition coefficient (Wildman–Crippen LogP) is -1.81. The number of benzene rings is 2. The molecule has 25 heavy (non-hydrogen) atoms. The Labute approximate surface area is 174 Å². The molecule has 5 nitrogen and oxygen atoms in total. The van der Waals surface area contributed by atoms with Crippen LogP contribution in [-0.4, -0.2) is 26.7 Å². The first-order chi connectivity index (χ1) is 11.5. The van der Waals surface area contributed by atoms with Crippen molar-refractivity contribution in [3.63, 3.8) is 0 Å². The quantitative estimate of drug-likeness (QED) is 0.405. The Bertz CT molecular complexity index is 765. The molecule has 0 fully saturated rings. The largest absolute Gasteiger partial charge is 1.00 e. The number of carbonyl (C=O) groups is 1. The molecular weight excluding hydrogens is 369 g/mol. The summed E-state index contributed by atoms with van der Waals surface area (Å²) < 4.78 is 26.6. The fraction of sp³-hybridized carbons (Fsp3) is 0.235. The molecule has 0 aliphatic carbocycles. The maximum atomic E-state index is 12.0. The van der Waals surface area contributed by atoms with E-state index < -0.39 is 16.0 Å². The normalized spacial score (nSPS) is 10.9. The smallest absolute Gasteiger partial charge is 0.550 e. The van der Waals surface area contributed by atoms with Crippen molar-refractivity contribution in [2.24, 2.45) is 0 Å². The van der Waals surface area contributed by atoms with E-state index in [4.69, 9.17) is 0 Å². The Kier molecular flexibility index (Phi) is 9.78. The van der Waals surface area contributed by atoms with Crippen LogP contribution in [0.4, 0.5) is 0 Å². The van der Waals surface area contributed by atoms with Gasteiger partial charge in [0, 0.05) is 30.4 Å². The topological polar surface area (TPSA) is 86.3 Å². The van der Waals surface area contributed by atoms with Gasteiger partial charge in [0.2, 0.25) is 10.0 Å². The minimum absolute atomic E-state index is 0. The molecule has 0 amide bonds. The van der Waals surface area contributed by atoms with Gasteiger partial charge in [0.25, 0.3) is 0 Å². The van der Waals surface area contributed by atoms with Crippen LogP contribution in [0.3, 0.4) is 0 Å². The maximum Gasteiger partial charge on any atom is 1.00 e. The molecule has 1 N–H and O–H groups in total. The average Bonchev–Trinajstić information content (AvgIpc) is 2.56. The average molecular weight is 387 g/mol. The van der Waals surface area contributed by atoms with Gasteiger partial charge < -0.3 is 9.90 Å². The molecule has 0 heterocycles. The zero-order chi connectivity index (χ0) is 17.4. The van der Waals surface area contributed by atoms with E-state index in [2.05, 4.69) is 4.72 Å². The van der Waals surface area contributed by atoms with Gasteiger partial charge in [0.15, 0.2) is 0 Å². The van der Waals surface area contributed by atoms with Crippen molar-refractivity contribution in [1.29, 1.82) is 0 Å². The first kappa shape index (κ1) is 22.2. The third-order valence-electron chi connectivity index (χ3n) is 3.23. The zero-order valence-electron chi connectivity index (χ0n) is 14.0. The molecule has 0 saturated heterocycles. The summed E-state index contributed by atoms with van der Waals surface area (Å²) in [5.41, 5.74) is 1.77. The first-order valence-corrected chi connectivity index (χ1v) is 10.0. The van der Waals surface area contributed by atoms with Crippen LogP contribution >= 0.6 is 11.8 Å². The Morgan fingerprint density at radius 2 is 1.60 bits per heavy atom. The van der Waals surface area contributed by atoms with Crippen molar-refractivity contribution in [2.75, 3.05) is 12.3 Å². The molecule has 2 aromatic rings. The van der Waals surface area contributed by atoms with Crippen LogP contribution in [0.1, 0.15) is 11.1 Å². The number of thioether (sulfide) groups is 1. The van der Waals surface area contributed by atoms with Crippen LogP contribution in [0.15, 0.2) is 59.5 Å². The van der Waals surface area contributed by atoms with Gasteiger partial charge in [-0.1, -0.05) is 42.5 Å². The minimum atomic E-state index is -3.45. The van der Waals surface area contributed by atoms with Gasteiger partial charge in [0.1, 0.15) is 0 Å². The molecule has 128 valence electrons. The second-order valence-electron chi connectivity index (χ2n) is 5.13. The molecule has 2 rings (SSSR count). The summed E-state index contributed by atoms with van der Waals surface area (Å²) in [6.07, 6.45) is -0.0886. The van der Waals surface area contributed by atoms with Crippen LogP contribution in [-0.2, 0) is 27.0 Å². The molecule has 0 atom stereocenters. The van der Waals surface area contributed by atoms with Gasteiger partial charge >= 0.3 is 29.6 Å². The second-order valence-corrected chi connectivity index (χ2v) is 8.00. The van der Waals surface area contributed by atoms with Gasteiger partial charge in [-0.3, -0.25) is 0 Å². The SMILES string of the molecule is O=C([O-])Cc1ccc(CSCCNS(=O)(=O)c2ccccc2)cc1.[Na+]. The van der Waals surface area contributed by atoms with Gasteiger partial charge in [-0.05, 0) is 23.3 Å². The third kappa shape index (κ3) is 7.94. The van der Waals surface area contributed by atoms with Gasteiger partial charge in [0.05, 0.1) is 4.90 Å². The van der Waals surface area contributed by atoms with E-state index in [0.29, 0.717) is 17.9 Å². The molecule has 0 aliphatic heterocycles. The van der Waals surface area contributed by atoms with Crippen molar-refractivity contribution in [3.05, 3.63) is 65.7 Å². The number of carboxylic acid groups (broad SMARTS) is 1. The van der Waals surface area contributed by atoms with Crippen molar-refractivity contribution < 1.29 is 47.9 Å². The summed E-state index contributed by atoms with van der Waals surface area (Å²) >= 11 is 1.61. The Morgan fingerprint density at radius 1 is 1.00 bits per heavy atom. The molecule has 0 bridgehead atoms. The Balaban J connectivity index is 0.00000312. The number of carboxylic acids is 1. The molecule has 0 saturated carbocycles. The fourth-order valence-corrected chi connectivity index (χ4v) is 4.04. The van der Waals surface area contributed by atoms with Crippen molar-refractivity contribution in [2.45, 2.75) is 17.1 Å². The number of hydrogen-bond donors (Lipinski definition) is 1. The fourth-order valence-electron chi connectivity index (χ4n) is 2.04. The molecule has 0 aliphatic rings. The van der Waals surface area contributed by atoms with Crippen molar-refractivity contribution in [3.8, 4) is 0 Å². The summed E-state index contributed by atoms with van der Waals surface area (Å²) in [5, 5.41) is 10.5. The molecule has 2 aromatic carbocycles. The van der Waals surface area contributed by atoms with Gasteiger partial charge in [-0.25, -0.2) is 13.1 Å². The zero-order valence-corrected chi connectivity index (χ0v) is 17.6. The van der Waals surface area contributed by atoms with Gasteiger partial charge in [-0.15, -0.1) is 0 Å². The summed E-state index contributed by atoms with van der Waals surface area (Å²) in [6, 6.07) is 15.5. The summed E-state index contributed by atoms with van der Waals surface area (Å²) in [6.45, 7) is 0.352. The number of hydrogen-bond acceptors (Lipinski definition) is 5. The summed E-state index contributed by atoms with van der Waals surface area (Å²) in [4.78, 5) is 10.8. The van der Waals surface area contributed by atoms with Crippen LogP contribution in [0.5, 0.6) is 0 Å². The molecule has 0 spiro atoms. The Hall–Kier alpha value is -0.830. The standard InChI is InChI=1S/C17H19NO4S2.Na/c19-17(20)12-14-6-8-15(9-7-14)13-23-11-10-18-24(21,22)16-4-2-1-3-5-16;/h1-9,18H,10-13H2,(H,19,20);/q;+1/p-1. The van der Waals surface area contributed by atoms with E-state index in [1.807, 2.05) is 12.1 Å². The number of nitrogens with one attached hydrogen (secondary N) is 1. The van der Waals surface area contributed by atoms with Crippen molar-refractivity contribution in [1.82, 2.24) is 4.72 Å². The minimum Gasteiger partial charge on any atom is -0.550 e. The van der Waals surface area contributed by atoms with E-state index in [1.54, 1.807) is 54.2 Å². The van der Waals surface area contributed by atoms with Crippen LogP contribution in [0.25, 0.3) is 0 Å². The number of aliphatic carboxylic acids is 1. The van der Waals surface area contributed by atoms with Crippen LogP contribution < -0.4 is 39.4 Å². The van der Waals surface area contributed by atoms with E-state index >= 15 is 0 Å². The maximum absolute atomic E-state index is 12.0. The number of rotatable bonds is 9. The Morgan fingerprint density at radius 3 is 2.20 bits per heavy atom.